The Balaban J connectivity index is 2.59. The molecule has 0 saturated carbocycles. The first-order valence-corrected chi connectivity index (χ1v) is 5.33. The number of nitrogens with zero attached hydrogens (tertiary/aromatic N) is 1. The number of hydrogen-bond donors (Lipinski definition) is 1. The van der Waals surface area contributed by atoms with E-state index in [2.05, 4.69) is 0 Å². The van der Waals surface area contributed by atoms with Crippen LogP contribution in [0.2, 0.25) is 5.02 Å². The van der Waals surface area contributed by atoms with Crippen molar-refractivity contribution < 1.29 is 14.7 Å². The minimum atomic E-state index is -1.20. The van der Waals surface area contributed by atoms with Gasteiger partial charge in [-0.05, 0) is 17.7 Å². The lowest BCUT2D eigenvalue weighted by molar-refractivity contribution is -0.132. The smallest absolute Gasteiger partial charge is 0.328 e. The molecule has 0 aliphatic heterocycles. The fraction of sp³-hybridized carbons (Fsp3) is 0.0909. The van der Waals surface area contributed by atoms with Gasteiger partial charge >= 0.3 is 5.97 Å². The van der Waals surface area contributed by atoms with Crippen molar-refractivity contribution in [3.8, 4) is 0 Å². The highest BCUT2D eigenvalue weighted by atomic mass is 35.5. The van der Waals surface area contributed by atoms with Crippen molar-refractivity contribution in [1.82, 2.24) is 4.42 Å². The van der Waals surface area contributed by atoms with Gasteiger partial charge in [-0.2, -0.15) is 0 Å². The van der Waals surface area contributed by atoms with Crippen LogP contribution in [0.4, 0.5) is 0 Å². The molecule has 0 unspecified atom stereocenters. The number of carbonyl (C=O) groups excluding carboxylic acids is 1. The third-order valence-corrected chi connectivity index (χ3v) is 2.38. The number of carboxylic acids is 1. The van der Waals surface area contributed by atoms with Crippen LogP contribution in [0.1, 0.15) is 5.56 Å². The summed E-state index contributed by atoms with van der Waals surface area (Å²) in [5, 5.41) is 8.94. The highest BCUT2D eigenvalue weighted by Gasteiger charge is 2.08. The van der Waals surface area contributed by atoms with Crippen LogP contribution in [0.3, 0.4) is 0 Å². The lowest BCUT2D eigenvalue weighted by Gasteiger charge is -2.11. The lowest BCUT2D eigenvalue weighted by atomic mass is 10.2. The maximum atomic E-state index is 11.3. The second-order valence-corrected chi connectivity index (χ2v) is 4.00. The molecule has 0 spiro atoms. The average Bonchev–Trinajstić information content (AvgIpc) is 2.28. The molecule has 1 aromatic carbocycles. The van der Waals surface area contributed by atoms with E-state index in [4.69, 9.17) is 28.5 Å². The number of hydrogen-bond acceptors (Lipinski definition) is 2. The molecule has 0 bridgehead atoms. The van der Waals surface area contributed by atoms with E-state index < -0.39 is 11.9 Å². The third-order valence-electron chi connectivity index (χ3n) is 1.84. The number of halogens is 2. The highest BCUT2D eigenvalue weighted by Crippen LogP contribution is 2.12. The zero-order chi connectivity index (χ0) is 12.8. The van der Waals surface area contributed by atoms with Gasteiger partial charge in [0, 0.05) is 29.0 Å². The Labute approximate surface area is 108 Å². The average molecular weight is 274 g/mol. The summed E-state index contributed by atoms with van der Waals surface area (Å²) >= 11 is 11.4. The maximum absolute atomic E-state index is 11.3. The Morgan fingerprint density at radius 2 is 1.82 bits per heavy atom. The van der Waals surface area contributed by atoms with Gasteiger partial charge in [0.2, 0.25) is 0 Å². The van der Waals surface area contributed by atoms with Gasteiger partial charge < -0.3 is 5.11 Å². The number of carboxylic acid groups (broad SMARTS) is 1. The number of carbonyl (C=O) groups is 2. The molecule has 1 aromatic rings. The van der Waals surface area contributed by atoms with E-state index in [0.717, 1.165) is 22.1 Å². The van der Waals surface area contributed by atoms with Crippen molar-refractivity contribution in [2.75, 3.05) is 0 Å². The van der Waals surface area contributed by atoms with Crippen molar-refractivity contribution in [2.24, 2.45) is 0 Å². The van der Waals surface area contributed by atoms with Crippen LogP contribution in [0, 0.1) is 0 Å². The number of aliphatic carboxylic acids is 1. The summed E-state index contributed by atoms with van der Waals surface area (Å²) in [5.74, 6) is -1.79. The minimum Gasteiger partial charge on any atom is -0.478 e. The molecule has 0 atom stereocenters. The fourth-order valence-corrected chi connectivity index (χ4v) is 1.37. The molecule has 0 radical (unpaired) electrons. The first-order valence-electron chi connectivity index (χ1n) is 4.62. The van der Waals surface area contributed by atoms with Crippen molar-refractivity contribution >= 4 is 35.3 Å². The molecule has 0 aromatic heterocycles. The lowest BCUT2D eigenvalue weighted by Crippen LogP contribution is -2.18. The molecular formula is C11H9Cl2NO3. The van der Waals surface area contributed by atoms with E-state index in [1.807, 2.05) is 0 Å². The van der Waals surface area contributed by atoms with E-state index in [0.29, 0.717) is 5.02 Å². The molecule has 1 N–H and O–H groups in total. The topological polar surface area (TPSA) is 57.6 Å². The third kappa shape index (κ3) is 4.89. The van der Waals surface area contributed by atoms with Crippen LogP contribution in [0.25, 0.3) is 0 Å². The van der Waals surface area contributed by atoms with Gasteiger partial charge in [0.1, 0.15) is 0 Å². The predicted molar refractivity (Wildman–Crippen MR) is 64.6 cm³/mol. The Kier molecular flexibility index (Phi) is 5.00. The monoisotopic (exact) mass is 273 g/mol. The molecule has 0 aliphatic carbocycles. The van der Waals surface area contributed by atoms with Crippen molar-refractivity contribution in [3.63, 3.8) is 0 Å². The van der Waals surface area contributed by atoms with E-state index in [1.165, 1.54) is 0 Å². The Bertz CT molecular complexity index is 443. The SMILES string of the molecule is O=C(O)C=CC(=O)N(Cl)Cc1ccc(Cl)cc1. The van der Waals surface area contributed by atoms with E-state index in [-0.39, 0.29) is 6.54 Å². The van der Waals surface area contributed by atoms with Crippen molar-refractivity contribution in [1.29, 1.82) is 0 Å². The fourth-order valence-electron chi connectivity index (χ4n) is 1.05. The molecule has 0 saturated heterocycles. The molecule has 6 heteroatoms. The molecule has 1 rings (SSSR count). The molecule has 4 nitrogen and oxygen atoms in total. The van der Waals surface area contributed by atoms with Gasteiger partial charge in [-0.25, -0.2) is 9.21 Å². The molecule has 1 amide bonds. The molecule has 0 fully saturated rings. The van der Waals surface area contributed by atoms with Gasteiger partial charge in [-0.3, -0.25) is 4.79 Å². The number of rotatable bonds is 4. The standard InChI is InChI=1S/C11H9Cl2NO3/c12-9-3-1-8(2-4-9)7-14(13)10(15)5-6-11(16)17/h1-6H,7H2,(H,16,17). The first kappa shape index (κ1) is 13.5. The number of amides is 1. The van der Waals surface area contributed by atoms with Gasteiger partial charge in [0.15, 0.2) is 0 Å². The maximum Gasteiger partial charge on any atom is 0.328 e. The predicted octanol–water partition coefficient (Wildman–Crippen LogP) is 2.46. The number of benzene rings is 1. The highest BCUT2D eigenvalue weighted by molar-refractivity contribution is 6.30. The van der Waals surface area contributed by atoms with E-state index >= 15 is 0 Å². The summed E-state index contributed by atoms with van der Waals surface area (Å²) in [5.41, 5.74) is 0.793. The van der Waals surface area contributed by atoms with Crippen LogP contribution in [-0.2, 0) is 16.1 Å². The van der Waals surface area contributed by atoms with Gasteiger partial charge in [-0.15, -0.1) is 0 Å². The van der Waals surface area contributed by atoms with E-state index in [9.17, 15) is 9.59 Å². The normalized spacial score (nSPS) is 10.5. The van der Waals surface area contributed by atoms with Crippen LogP contribution in [0.5, 0.6) is 0 Å². The molecule has 17 heavy (non-hydrogen) atoms. The summed E-state index contributed by atoms with van der Waals surface area (Å²) < 4.78 is 0.892. The van der Waals surface area contributed by atoms with Crippen molar-refractivity contribution in [2.45, 2.75) is 6.54 Å². The summed E-state index contributed by atoms with van der Waals surface area (Å²) in [6.45, 7) is 0.168. The molecule has 0 aliphatic rings. The summed E-state index contributed by atoms with van der Waals surface area (Å²) in [6, 6.07) is 6.82. The molecular weight excluding hydrogens is 265 g/mol. The molecule has 90 valence electrons. The van der Waals surface area contributed by atoms with E-state index in [1.54, 1.807) is 24.3 Å². The summed E-state index contributed by atoms with van der Waals surface area (Å²) in [7, 11) is 0. The van der Waals surface area contributed by atoms with Gasteiger partial charge in [0.05, 0.1) is 6.54 Å². The quantitative estimate of drug-likeness (QED) is 0.677. The van der Waals surface area contributed by atoms with Crippen LogP contribution in [-0.4, -0.2) is 21.4 Å². The summed E-state index contributed by atoms with van der Waals surface area (Å²) in [6.07, 6.45) is 1.63. The zero-order valence-electron chi connectivity index (χ0n) is 8.64. The van der Waals surface area contributed by atoms with Crippen molar-refractivity contribution in [3.05, 3.63) is 47.0 Å². The largest absolute Gasteiger partial charge is 0.478 e. The van der Waals surface area contributed by atoms with Gasteiger partial charge in [-0.1, -0.05) is 23.7 Å². The Morgan fingerprint density at radius 1 is 1.24 bits per heavy atom. The zero-order valence-corrected chi connectivity index (χ0v) is 10.1. The summed E-state index contributed by atoms with van der Waals surface area (Å²) in [4.78, 5) is 21.5. The Hall–Kier alpha value is -1.52. The molecule has 0 heterocycles. The first-order chi connectivity index (χ1) is 7.99. The Morgan fingerprint density at radius 3 is 2.35 bits per heavy atom. The minimum absolute atomic E-state index is 0.168. The second-order valence-electron chi connectivity index (χ2n) is 3.16. The second kappa shape index (κ2) is 6.27. The van der Waals surface area contributed by atoms with Crippen LogP contribution >= 0.6 is 23.4 Å². The van der Waals surface area contributed by atoms with Gasteiger partial charge in [0.25, 0.3) is 5.91 Å². The van der Waals surface area contributed by atoms with Crippen LogP contribution < -0.4 is 0 Å². The van der Waals surface area contributed by atoms with Crippen LogP contribution in [0.15, 0.2) is 36.4 Å².